The summed E-state index contributed by atoms with van der Waals surface area (Å²) < 4.78 is 65.8. The van der Waals surface area contributed by atoms with Gasteiger partial charge in [-0.25, -0.2) is 8.42 Å². The topological polar surface area (TPSA) is 75.7 Å². The average Bonchev–Trinajstić information content (AvgIpc) is 2.60. The fraction of sp³-hybridized carbons (Fsp3) is 0.316. The molecule has 0 aliphatic carbocycles. The highest BCUT2D eigenvalue weighted by atomic mass is 35.5. The van der Waals surface area contributed by atoms with Gasteiger partial charge in [0.05, 0.1) is 11.9 Å². The van der Waals surface area contributed by atoms with E-state index >= 15 is 0 Å². The molecular weight excluding hydrogens is 445 g/mol. The molecular formula is C19H20ClF3N2O4S. The highest BCUT2D eigenvalue weighted by Crippen LogP contribution is 2.27. The molecule has 2 rings (SSSR count). The predicted octanol–water partition coefficient (Wildman–Crippen LogP) is 4.73. The summed E-state index contributed by atoms with van der Waals surface area (Å²) in [6.07, 6.45) is -3.50. The lowest BCUT2D eigenvalue weighted by molar-refractivity contribution is -0.274. The fourth-order valence-electron chi connectivity index (χ4n) is 2.66. The van der Waals surface area contributed by atoms with E-state index in [0.29, 0.717) is 16.4 Å². The molecule has 0 bridgehead atoms. The number of aryl methyl sites for hydroxylation is 1. The normalized spacial score (nSPS) is 11.8. The Bertz CT molecular complexity index is 996. The Morgan fingerprint density at radius 1 is 1.17 bits per heavy atom. The van der Waals surface area contributed by atoms with E-state index in [1.54, 1.807) is 25.1 Å². The van der Waals surface area contributed by atoms with Crippen molar-refractivity contribution in [2.75, 3.05) is 22.4 Å². The number of rotatable bonds is 8. The number of alkyl halides is 3. The lowest BCUT2D eigenvalue weighted by Gasteiger charge is -2.24. The molecule has 0 fully saturated rings. The van der Waals surface area contributed by atoms with Crippen molar-refractivity contribution in [3.05, 3.63) is 53.1 Å². The summed E-state index contributed by atoms with van der Waals surface area (Å²) in [6.45, 7) is 1.81. The third kappa shape index (κ3) is 7.42. The zero-order chi connectivity index (χ0) is 22.5. The van der Waals surface area contributed by atoms with Crippen LogP contribution in [0.3, 0.4) is 0 Å². The number of ether oxygens (including phenoxy) is 1. The minimum atomic E-state index is -4.79. The Balaban J connectivity index is 1.95. The molecule has 0 aliphatic heterocycles. The van der Waals surface area contributed by atoms with Gasteiger partial charge in [-0.1, -0.05) is 17.7 Å². The molecule has 11 heteroatoms. The van der Waals surface area contributed by atoms with Crippen LogP contribution in [0.4, 0.5) is 24.5 Å². The maximum atomic E-state index is 12.2. The SMILES string of the molecule is Cc1ccc(Cl)cc1N(CCCC(=O)Nc1ccc(OC(F)(F)F)cc1)S(C)(=O)=O. The highest BCUT2D eigenvalue weighted by Gasteiger charge is 2.31. The van der Waals surface area contributed by atoms with Gasteiger partial charge in [0.25, 0.3) is 0 Å². The Morgan fingerprint density at radius 3 is 2.37 bits per heavy atom. The molecule has 1 amide bonds. The van der Waals surface area contributed by atoms with Crippen molar-refractivity contribution in [2.24, 2.45) is 0 Å². The first-order valence-electron chi connectivity index (χ1n) is 8.75. The van der Waals surface area contributed by atoms with Crippen LogP contribution in [0.15, 0.2) is 42.5 Å². The number of benzene rings is 2. The second kappa shape index (κ2) is 9.57. The van der Waals surface area contributed by atoms with Crippen LogP contribution in [0.2, 0.25) is 5.02 Å². The van der Waals surface area contributed by atoms with Crippen molar-refractivity contribution in [2.45, 2.75) is 26.1 Å². The van der Waals surface area contributed by atoms with Crippen LogP contribution in [0.1, 0.15) is 18.4 Å². The Hall–Kier alpha value is -2.46. The van der Waals surface area contributed by atoms with Crippen molar-refractivity contribution in [3.63, 3.8) is 0 Å². The average molecular weight is 465 g/mol. The third-order valence-electron chi connectivity index (χ3n) is 3.98. The number of halogens is 4. The van der Waals surface area contributed by atoms with Crippen LogP contribution < -0.4 is 14.4 Å². The molecule has 0 unspecified atom stereocenters. The van der Waals surface area contributed by atoms with Gasteiger partial charge >= 0.3 is 6.36 Å². The van der Waals surface area contributed by atoms with Crippen LogP contribution in [-0.2, 0) is 14.8 Å². The molecule has 0 radical (unpaired) electrons. The Kier molecular flexibility index (Phi) is 7.59. The van der Waals surface area contributed by atoms with Crippen molar-refractivity contribution in [1.29, 1.82) is 0 Å². The molecule has 1 N–H and O–H groups in total. The number of hydrogen-bond donors (Lipinski definition) is 1. The first-order valence-corrected chi connectivity index (χ1v) is 11.0. The summed E-state index contributed by atoms with van der Waals surface area (Å²) in [5.74, 6) is -0.808. The van der Waals surface area contributed by atoms with Gasteiger partial charge in [-0.05, 0) is 55.3 Å². The molecule has 0 atom stereocenters. The maximum absolute atomic E-state index is 12.2. The van der Waals surface area contributed by atoms with Gasteiger partial charge in [0.1, 0.15) is 5.75 Å². The first kappa shape index (κ1) is 23.8. The zero-order valence-corrected chi connectivity index (χ0v) is 17.7. The molecule has 0 saturated carbocycles. The first-order chi connectivity index (χ1) is 13.8. The standard InChI is InChI=1S/C19H20ClF3N2O4S/c1-13-5-6-14(20)12-17(13)25(30(2,27)28)11-3-4-18(26)24-15-7-9-16(10-8-15)29-19(21,22)23/h5-10,12H,3-4,11H2,1-2H3,(H,24,26). The van der Waals surface area contributed by atoms with E-state index in [4.69, 9.17) is 11.6 Å². The van der Waals surface area contributed by atoms with Gasteiger partial charge in [-0.2, -0.15) is 0 Å². The summed E-state index contributed by atoms with van der Waals surface area (Å²) in [5.41, 5.74) is 1.45. The zero-order valence-electron chi connectivity index (χ0n) is 16.2. The van der Waals surface area contributed by atoms with Gasteiger partial charge in [0.15, 0.2) is 0 Å². The summed E-state index contributed by atoms with van der Waals surface area (Å²) in [4.78, 5) is 12.1. The smallest absolute Gasteiger partial charge is 0.406 e. The number of carbonyl (C=O) groups excluding carboxylic acids is 1. The van der Waals surface area contributed by atoms with E-state index in [1.807, 2.05) is 0 Å². The van der Waals surface area contributed by atoms with Crippen molar-refractivity contribution < 1.29 is 31.1 Å². The summed E-state index contributed by atoms with van der Waals surface area (Å²) in [6, 6.07) is 9.61. The lowest BCUT2D eigenvalue weighted by Crippen LogP contribution is -2.32. The molecule has 0 aliphatic rings. The van der Waals surface area contributed by atoms with E-state index in [1.165, 1.54) is 16.4 Å². The molecule has 164 valence electrons. The second-order valence-corrected chi connectivity index (χ2v) is 8.83. The number of sulfonamides is 1. The van der Waals surface area contributed by atoms with Crippen molar-refractivity contribution >= 4 is 38.9 Å². The van der Waals surface area contributed by atoms with Crippen LogP contribution in [0, 0.1) is 6.92 Å². The largest absolute Gasteiger partial charge is 0.573 e. The van der Waals surface area contributed by atoms with Crippen LogP contribution >= 0.6 is 11.6 Å². The van der Waals surface area contributed by atoms with Crippen molar-refractivity contribution in [1.82, 2.24) is 0 Å². The molecule has 0 saturated heterocycles. The predicted molar refractivity (Wildman–Crippen MR) is 109 cm³/mol. The van der Waals surface area contributed by atoms with E-state index in [9.17, 15) is 26.4 Å². The molecule has 30 heavy (non-hydrogen) atoms. The summed E-state index contributed by atoms with van der Waals surface area (Å²) in [7, 11) is -3.60. The number of amides is 1. The third-order valence-corrected chi connectivity index (χ3v) is 5.39. The van der Waals surface area contributed by atoms with Gasteiger partial charge in [0, 0.05) is 23.7 Å². The Morgan fingerprint density at radius 2 is 1.80 bits per heavy atom. The van der Waals surface area contributed by atoms with Gasteiger partial charge in [0.2, 0.25) is 15.9 Å². The van der Waals surface area contributed by atoms with E-state index in [2.05, 4.69) is 10.1 Å². The second-order valence-electron chi connectivity index (χ2n) is 6.49. The summed E-state index contributed by atoms with van der Waals surface area (Å²) in [5, 5.41) is 2.93. The van der Waals surface area contributed by atoms with Crippen LogP contribution in [0.25, 0.3) is 0 Å². The van der Waals surface area contributed by atoms with E-state index in [-0.39, 0.29) is 19.4 Å². The van der Waals surface area contributed by atoms with Crippen LogP contribution in [-0.4, -0.2) is 33.5 Å². The minimum absolute atomic E-state index is 0.00638. The molecule has 0 heterocycles. The fourth-order valence-corrected chi connectivity index (χ4v) is 3.84. The molecule has 0 aromatic heterocycles. The highest BCUT2D eigenvalue weighted by molar-refractivity contribution is 7.92. The number of hydrogen-bond acceptors (Lipinski definition) is 4. The van der Waals surface area contributed by atoms with E-state index in [0.717, 1.165) is 24.0 Å². The van der Waals surface area contributed by atoms with Crippen LogP contribution in [0.5, 0.6) is 5.75 Å². The van der Waals surface area contributed by atoms with Crippen molar-refractivity contribution in [3.8, 4) is 5.75 Å². The van der Waals surface area contributed by atoms with E-state index < -0.39 is 28.0 Å². The molecule has 2 aromatic rings. The number of anilines is 2. The molecule has 2 aromatic carbocycles. The summed E-state index contributed by atoms with van der Waals surface area (Å²) >= 11 is 5.98. The maximum Gasteiger partial charge on any atom is 0.573 e. The number of carbonyl (C=O) groups is 1. The molecule has 0 spiro atoms. The minimum Gasteiger partial charge on any atom is -0.406 e. The Labute approximate surface area is 177 Å². The number of nitrogens with one attached hydrogen (secondary N) is 1. The monoisotopic (exact) mass is 464 g/mol. The van der Waals surface area contributed by atoms with Gasteiger partial charge in [-0.3, -0.25) is 9.10 Å². The lowest BCUT2D eigenvalue weighted by atomic mass is 10.2. The molecule has 6 nitrogen and oxygen atoms in total. The quantitative estimate of drug-likeness (QED) is 0.612. The number of nitrogens with zero attached hydrogens (tertiary/aromatic N) is 1. The van der Waals surface area contributed by atoms with Gasteiger partial charge in [-0.15, -0.1) is 13.2 Å². The van der Waals surface area contributed by atoms with Gasteiger partial charge < -0.3 is 10.1 Å².